The first-order chi connectivity index (χ1) is 5.61. The van der Waals surface area contributed by atoms with Gasteiger partial charge in [0.15, 0.2) is 0 Å². The fourth-order valence-electron chi connectivity index (χ4n) is 0.736. The monoisotopic (exact) mass is 254 g/mol. The Morgan fingerprint density at radius 3 is 1.71 bits per heavy atom. The molecule has 0 amide bonds. The molecule has 0 rings (SSSR count). The Balaban J connectivity index is -0.000000720. The van der Waals surface area contributed by atoms with Gasteiger partial charge in [0.25, 0.3) is 0 Å². The van der Waals surface area contributed by atoms with E-state index in [4.69, 9.17) is 9.08 Å². The van der Waals surface area contributed by atoms with Crippen molar-refractivity contribution in [3.8, 4) is 0 Å². The summed E-state index contributed by atoms with van der Waals surface area (Å²) >= 11 is 0. The van der Waals surface area contributed by atoms with Gasteiger partial charge in [-0.3, -0.25) is 9.12 Å². The van der Waals surface area contributed by atoms with Gasteiger partial charge in [0.05, 0.1) is 6.10 Å². The molecule has 0 radical (unpaired) electrons. The third-order valence-corrected chi connectivity index (χ3v) is 7.39. The zero-order chi connectivity index (χ0) is 10.9. The van der Waals surface area contributed by atoms with Crippen LogP contribution in [0.2, 0.25) is 0 Å². The molecular weight excluding hydrogens is 238 g/mol. The molecule has 1 unspecified atom stereocenters. The van der Waals surface area contributed by atoms with Gasteiger partial charge in [0, 0.05) is 5.66 Å². The molecule has 5 nitrogen and oxygen atoms in total. The van der Waals surface area contributed by atoms with Crippen molar-refractivity contribution in [3.63, 3.8) is 0 Å². The van der Waals surface area contributed by atoms with Crippen LogP contribution in [0.15, 0.2) is 0 Å². The largest absolute Gasteiger partial charge is 1.00 e. The summed E-state index contributed by atoms with van der Waals surface area (Å²) in [6.45, 7) is 1.96. The average Bonchev–Trinajstić information content (AvgIpc) is 1.82. The third kappa shape index (κ3) is 4.31. The Labute approximate surface area is 108 Å². The van der Waals surface area contributed by atoms with E-state index < -0.39 is 28.1 Å². The first-order valence-electron chi connectivity index (χ1n) is 3.87. The quantitative estimate of drug-likeness (QED) is 0.396. The summed E-state index contributed by atoms with van der Waals surface area (Å²) in [6, 6.07) is 0. The van der Waals surface area contributed by atoms with Crippen LogP contribution < -0.4 is 29.6 Å². The molecule has 0 saturated carbocycles. The van der Waals surface area contributed by atoms with Crippen molar-refractivity contribution < 1.29 is 53.0 Å². The summed E-state index contributed by atoms with van der Waals surface area (Å²) in [4.78, 5) is 0. The summed E-state index contributed by atoms with van der Waals surface area (Å²) in [5.74, 6) is 0. The van der Waals surface area contributed by atoms with E-state index in [-0.39, 0.29) is 31.0 Å². The Hall–Kier alpha value is 1.10. The van der Waals surface area contributed by atoms with Gasteiger partial charge in [-0.15, -0.1) is 0 Å². The molecule has 82 valence electrons. The van der Waals surface area contributed by atoms with Crippen molar-refractivity contribution in [2.45, 2.75) is 39.5 Å². The van der Waals surface area contributed by atoms with E-state index in [1.807, 2.05) is 0 Å². The molecule has 0 aliphatic carbocycles. The van der Waals surface area contributed by atoms with Crippen molar-refractivity contribution in [1.82, 2.24) is 0 Å². The van der Waals surface area contributed by atoms with Crippen LogP contribution in [0.5, 0.6) is 0 Å². The van der Waals surface area contributed by atoms with Crippen LogP contribution in [0, 0.1) is 0 Å². The minimum atomic E-state index is -4.63. The molecule has 14 heavy (non-hydrogen) atoms. The summed E-state index contributed by atoms with van der Waals surface area (Å²) in [5, 5.41) is 0. The van der Waals surface area contributed by atoms with Crippen molar-refractivity contribution in [3.05, 3.63) is 0 Å². The molecule has 0 aromatic carbocycles. The Bertz CT molecular complexity index is 315. The zero-order valence-electron chi connectivity index (χ0n) is 10.1. The zero-order valence-corrected chi connectivity index (χ0v) is 12.8. The number of hydrogen-bond acceptors (Lipinski definition) is 4. The molecule has 8 heteroatoms. The van der Waals surface area contributed by atoms with Crippen molar-refractivity contribution in [2.24, 2.45) is 0 Å². The first-order valence-corrected chi connectivity index (χ1v) is 7.61. The maximum atomic E-state index is 11.7. The minimum absolute atomic E-state index is 0. The first kappa shape index (κ1) is 17.5. The van der Waals surface area contributed by atoms with E-state index >= 15 is 0 Å². The van der Waals surface area contributed by atoms with E-state index in [0.717, 1.165) is 0 Å². The molecule has 0 spiro atoms. The van der Waals surface area contributed by atoms with Gasteiger partial charge >= 0.3 is 45.9 Å². The summed E-state index contributed by atoms with van der Waals surface area (Å²) in [7, 11) is -4.63. The standard InChI is InChI=1S/C6H15O5PS.Na.H/c1-5(2)11-12(7,6(3)4)13(8,9)10;;/h5-6H,1-4H3,(H,8,9,10);;/q;+1;-1. The van der Waals surface area contributed by atoms with E-state index in [9.17, 15) is 13.0 Å². The van der Waals surface area contributed by atoms with Crippen LogP contribution in [-0.4, -0.2) is 24.7 Å². The Morgan fingerprint density at radius 1 is 1.29 bits per heavy atom. The number of hydrogen-bond donors (Lipinski definition) is 1. The van der Waals surface area contributed by atoms with Gasteiger partial charge in [-0.1, -0.05) is 13.8 Å². The van der Waals surface area contributed by atoms with Crippen LogP contribution in [0.4, 0.5) is 0 Å². The smallest absolute Gasteiger partial charge is 1.00 e. The fourth-order valence-corrected chi connectivity index (χ4v) is 4.65. The molecule has 0 saturated heterocycles. The number of rotatable bonds is 4. The summed E-state index contributed by atoms with van der Waals surface area (Å²) < 4.78 is 46.8. The normalized spacial score (nSPS) is 16.5. The van der Waals surface area contributed by atoms with E-state index in [1.54, 1.807) is 13.8 Å². The molecule has 1 atom stereocenters. The van der Waals surface area contributed by atoms with Crippen molar-refractivity contribution >= 4 is 16.3 Å². The predicted octanol–water partition coefficient (Wildman–Crippen LogP) is -0.983. The van der Waals surface area contributed by atoms with Crippen molar-refractivity contribution in [1.29, 1.82) is 0 Å². The Morgan fingerprint density at radius 2 is 1.64 bits per heavy atom. The van der Waals surface area contributed by atoms with Crippen LogP contribution >= 0.6 is 6.57 Å². The fraction of sp³-hybridized carbons (Fsp3) is 1.00. The molecule has 0 aromatic heterocycles. The molecule has 0 aliphatic rings. The van der Waals surface area contributed by atoms with E-state index in [1.165, 1.54) is 13.8 Å². The second kappa shape index (κ2) is 5.99. The summed E-state index contributed by atoms with van der Waals surface area (Å²) in [5.41, 5.74) is -0.745. The molecule has 0 aromatic rings. The topological polar surface area (TPSA) is 80.7 Å². The predicted molar refractivity (Wildman–Crippen MR) is 51.6 cm³/mol. The average molecular weight is 254 g/mol. The van der Waals surface area contributed by atoms with E-state index in [2.05, 4.69) is 0 Å². The summed E-state index contributed by atoms with van der Waals surface area (Å²) in [6.07, 6.45) is -0.504. The van der Waals surface area contributed by atoms with E-state index in [0.29, 0.717) is 0 Å². The second-order valence-electron chi connectivity index (χ2n) is 3.24. The third-order valence-electron chi connectivity index (χ3n) is 1.31. The van der Waals surface area contributed by atoms with Crippen LogP contribution in [0.3, 0.4) is 0 Å². The second-order valence-corrected chi connectivity index (χ2v) is 9.37. The Kier molecular flexibility index (Phi) is 7.48. The van der Waals surface area contributed by atoms with Gasteiger partial charge in [-0.2, -0.15) is 8.42 Å². The maximum absolute atomic E-state index is 11.7. The van der Waals surface area contributed by atoms with Crippen LogP contribution in [0.1, 0.15) is 29.1 Å². The molecular formula is C6H16NaO5PS. The molecule has 1 N–H and O–H groups in total. The van der Waals surface area contributed by atoms with Gasteiger partial charge in [0.2, 0.25) is 0 Å². The van der Waals surface area contributed by atoms with Gasteiger partial charge < -0.3 is 5.95 Å². The SMILES string of the molecule is CC(C)OP(=O)(C(C)C)S(=O)(=O)O.[H-].[Na+]. The molecule has 0 bridgehead atoms. The van der Waals surface area contributed by atoms with Gasteiger partial charge in [-0.05, 0) is 13.8 Å². The van der Waals surface area contributed by atoms with Gasteiger partial charge in [-0.25, -0.2) is 0 Å². The molecule has 0 heterocycles. The van der Waals surface area contributed by atoms with Crippen molar-refractivity contribution in [2.75, 3.05) is 0 Å². The van der Waals surface area contributed by atoms with Crippen LogP contribution in [-0.2, 0) is 18.8 Å². The molecule has 0 aliphatic heterocycles. The van der Waals surface area contributed by atoms with Crippen LogP contribution in [0.25, 0.3) is 0 Å². The minimum Gasteiger partial charge on any atom is -1.00 e. The molecule has 0 fully saturated rings. The van der Waals surface area contributed by atoms with Gasteiger partial charge in [0.1, 0.15) is 0 Å². The maximum Gasteiger partial charge on any atom is 1.00 e.